The maximum absolute atomic E-state index is 10.6. The van der Waals surface area contributed by atoms with Gasteiger partial charge in [0, 0.05) is 50.1 Å². The molecular weight excluding hydrogens is 318 g/mol. The van der Waals surface area contributed by atoms with Gasteiger partial charge in [-0.05, 0) is 19.9 Å². The molecular formula is C19H27N3O3. The molecule has 136 valence electrons. The number of hydrogen-bond acceptors (Lipinski definition) is 4. The molecule has 3 N–H and O–H groups in total. The molecule has 1 aromatic carbocycles. The van der Waals surface area contributed by atoms with Gasteiger partial charge in [0.2, 0.25) is 0 Å². The van der Waals surface area contributed by atoms with Gasteiger partial charge >= 0.3 is 0 Å². The van der Waals surface area contributed by atoms with E-state index < -0.39 is 5.60 Å². The molecule has 1 aliphatic heterocycles. The van der Waals surface area contributed by atoms with Crippen LogP contribution >= 0.6 is 0 Å². The van der Waals surface area contributed by atoms with E-state index in [2.05, 4.69) is 28.6 Å². The van der Waals surface area contributed by atoms with Crippen molar-refractivity contribution in [3.05, 3.63) is 35.6 Å². The van der Waals surface area contributed by atoms with Gasteiger partial charge in [0.25, 0.3) is 0 Å². The van der Waals surface area contributed by atoms with Gasteiger partial charge in [-0.1, -0.05) is 18.2 Å². The van der Waals surface area contributed by atoms with Crippen LogP contribution in [0.4, 0.5) is 0 Å². The summed E-state index contributed by atoms with van der Waals surface area (Å²) in [6, 6.07) is 8.02. The van der Waals surface area contributed by atoms with Crippen molar-refractivity contribution in [2.75, 3.05) is 26.3 Å². The first kappa shape index (κ1) is 17.8. The Morgan fingerprint density at radius 2 is 2.00 bits per heavy atom. The van der Waals surface area contributed by atoms with Crippen molar-refractivity contribution in [3.8, 4) is 0 Å². The number of rotatable bonds is 5. The zero-order valence-electron chi connectivity index (χ0n) is 15.0. The summed E-state index contributed by atoms with van der Waals surface area (Å²) in [6.45, 7) is 6.95. The number of fused-ring (bicyclic) bond motifs is 1. The number of hydrogen-bond donors (Lipinski definition) is 3. The molecule has 2 aromatic rings. The van der Waals surface area contributed by atoms with Crippen LogP contribution in [0, 0.1) is 6.92 Å². The van der Waals surface area contributed by atoms with Crippen molar-refractivity contribution in [2.45, 2.75) is 38.8 Å². The van der Waals surface area contributed by atoms with E-state index in [0.29, 0.717) is 45.1 Å². The average molecular weight is 345 g/mol. The summed E-state index contributed by atoms with van der Waals surface area (Å²) in [7, 11) is 0. The molecule has 0 unspecified atom stereocenters. The SMILES string of the molecule is CCNC(=NCc1oc2ccccc2c1C)NCC1(O)CCOCC1. The molecule has 0 spiro atoms. The predicted molar refractivity (Wildman–Crippen MR) is 98.8 cm³/mol. The number of aryl methyl sites for hydroxylation is 1. The number of guanidine groups is 1. The van der Waals surface area contributed by atoms with E-state index >= 15 is 0 Å². The highest BCUT2D eigenvalue weighted by Gasteiger charge is 2.29. The Hall–Kier alpha value is -2.05. The van der Waals surface area contributed by atoms with E-state index in [1.165, 1.54) is 0 Å². The number of ether oxygens (including phenoxy) is 1. The number of benzene rings is 1. The lowest BCUT2D eigenvalue weighted by molar-refractivity contribution is -0.0594. The summed E-state index contributed by atoms with van der Waals surface area (Å²) in [5, 5.41) is 18.2. The summed E-state index contributed by atoms with van der Waals surface area (Å²) in [6.07, 6.45) is 1.28. The van der Waals surface area contributed by atoms with Gasteiger partial charge in [0.1, 0.15) is 17.9 Å². The summed E-state index contributed by atoms with van der Waals surface area (Å²) in [5.41, 5.74) is 1.28. The molecule has 0 bridgehead atoms. The molecule has 6 nitrogen and oxygen atoms in total. The summed E-state index contributed by atoms with van der Waals surface area (Å²) >= 11 is 0. The van der Waals surface area contributed by atoms with Crippen LogP contribution in [-0.2, 0) is 11.3 Å². The molecule has 2 heterocycles. The second-order valence-electron chi connectivity index (χ2n) is 6.53. The maximum atomic E-state index is 10.6. The highest BCUT2D eigenvalue weighted by Crippen LogP contribution is 2.25. The minimum absolute atomic E-state index is 0.456. The van der Waals surface area contributed by atoms with Gasteiger partial charge < -0.3 is 24.9 Å². The van der Waals surface area contributed by atoms with E-state index in [9.17, 15) is 5.11 Å². The van der Waals surface area contributed by atoms with Gasteiger partial charge in [-0.25, -0.2) is 4.99 Å². The third-order valence-corrected chi connectivity index (χ3v) is 4.68. The number of nitrogens with one attached hydrogen (secondary N) is 2. The quantitative estimate of drug-likeness (QED) is 0.573. The largest absolute Gasteiger partial charge is 0.459 e. The first-order valence-corrected chi connectivity index (χ1v) is 8.90. The minimum Gasteiger partial charge on any atom is -0.459 e. The van der Waals surface area contributed by atoms with E-state index in [0.717, 1.165) is 28.8 Å². The van der Waals surface area contributed by atoms with Crippen LogP contribution in [0.15, 0.2) is 33.7 Å². The molecule has 1 saturated heterocycles. The molecule has 0 saturated carbocycles. The first-order valence-electron chi connectivity index (χ1n) is 8.90. The van der Waals surface area contributed by atoms with Crippen LogP contribution in [0.2, 0.25) is 0 Å². The Labute approximate surface area is 148 Å². The molecule has 0 aliphatic carbocycles. The third kappa shape index (κ3) is 4.32. The van der Waals surface area contributed by atoms with Crippen molar-refractivity contribution >= 4 is 16.9 Å². The molecule has 6 heteroatoms. The first-order chi connectivity index (χ1) is 12.1. The van der Waals surface area contributed by atoms with Crippen molar-refractivity contribution in [3.63, 3.8) is 0 Å². The Kier molecular flexibility index (Phi) is 5.60. The molecule has 0 radical (unpaired) electrons. The van der Waals surface area contributed by atoms with Crippen LogP contribution < -0.4 is 10.6 Å². The minimum atomic E-state index is -0.732. The zero-order chi connectivity index (χ0) is 17.7. The van der Waals surface area contributed by atoms with Crippen LogP contribution in [0.25, 0.3) is 11.0 Å². The monoisotopic (exact) mass is 345 g/mol. The Morgan fingerprint density at radius 3 is 2.72 bits per heavy atom. The van der Waals surface area contributed by atoms with E-state index in [1.54, 1.807) is 0 Å². The van der Waals surface area contributed by atoms with Crippen molar-refractivity contribution < 1.29 is 14.3 Å². The smallest absolute Gasteiger partial charge is 0.191 e. The Bertz CT molecular complexity index is 733. The van der Waals surface area contributed by atoms with Crippen molar-refractivity contribution in [1.29, 1.82) is 0 Å². The lowest BCUT2D eigenvalue weighted by atomic mass is 9.94. The van der Waals surface area contributed by atoms with Gasteiger partial charge in [-0.2, -0.15) is 0 Å². The van der Waals surface area contributed by atoms with Gasteiger partial charge in [-0.15, -0.1) is 0 Å². The molecule has 0 amide bonds. The summed E-state index contributed by atoms with van der Waals surface area (Å²) in [5.74, 6) is 1.55. The lowest BCUT2D eigenvalue weighted by Gasteiger charge is -2.32. The normalized spacial score (nSPS) is 17.6. The second-order valence-corrected chi connectivity index (χ2v) is 6.53. The number of aliphatic imine (C=N–C) groups is 1. The average Bonchev–Trinajstić information content (AvgIpc) is 2.94. The number of para-hydroxylation sites is 1. The van der Waals surface area contributed by atoms with Gasteiger partial charge in [0.15, 0.2) is 5.96 Å². The van der Waals surface area contributed by atoms with Crippen LogP contribution in [-0.4, -0.2) is 43.0 Å². The third-order valence-electron chi connectivity index (χ3n) is 4.68. The maximum Gasteiger partial charge on any atom is 0.191 e. The number of aliphatic hydroxyl groups is 1. The number of nitrogens with zero attached hydrogens (tertiary/aromatic N) is 1. The van der Waals surface area contributed by atoms with E-state index in [-0.39, 0.29) is 0 Å². The molecule has 1 aromatic heterocycles. The fraction of sp³-hybridized carbons (Fsp3) is 0.526. The van der Waals surface area contributed by atoms with E-state index in [4.69, 9.17) is 9.15 Å². The molecule has 1 fully saturated rings. The van der Waals surface area contributed by atoms with Crippen LogP contribution in [0.1, 0.15) is 31.1 Å². The fourth-order valence-corrected chi connectivity index (χ4v) is 3.04. The standard InChI is InChI=1S/C19H27N3O3/c1-3-20-18(22-13-19(23)8-10-24-11-9-19)21-12-17-14(2)15-6-4-5-7-16(15)25-17/h4-7,23H,3,8-13H2,1-2H3,(H2,20,21,22). The summed E-state index contributed by atoms with van der Waals surface area (Å²) in [4.78, 5) is 4.61. The van der Waals surface area contributed by atoms with Crippen LogP contribution in [0.3, 0.4) is 0 Å². The van der Waals surface area contributed by atoms with Gasteiger partial charge in [-0.3, -0.25) is 0 Å². The topological polar surface area (TPSA) is 79.0 Å². The fourth-order valence-electron chi connectivity index (χ4n) is 3.04. The second kappa shape index (κ2) is 7.89. The van der Waals surface area contributed by atoms with Crippen molar-refractivity contribution in [1.82, 2.24) is 10.6 Å². The predicted octanol–water partition coefficient (Wildman–Crippen LogP) is 2.34. The molecule has 25 heavy (non-hydrogen) atoms. The zero-order valence-corrected chi connectivity index (χ0v) is 15.0. The van der Waals surface area contributed by atoms with Crippen molar-refractivity contribution in [2.24, 2.45) is 4.99 Å². The Morgan fingerprint density at radius 1 is 1.24 bits per heavy atom. The van der Waals surface area contributed by atoms with Gasteiger partial charge in [0.05, 0.1) is 5.60 Å². The van der Waals surface area contributed by atoms with Crippen LogP contribution in [0.5, 0.6) is 0 Å². The highest BCUT2D eigenvalue weighted by molar-refractivity contribution is 5.82. The molecule has 1 aliphatic rings. The van der Waals surface area contributed by atoms with E-state index in [1.807, 2.05) is 25.1 Å². The number of furan rings is 1. The molecule has 0 atom stereocenters. The highest BCUT2D eigenvalue weighted by atomic mass is 16.5. The summed E-state index contributed by atoms with van der Waals surface area (Å²) < 4.78 is 11.2. The lowest BCUT2D eigenvalue weighted by Crippen LogP contribution is -2.49. The molecule has 3 rings (SSSR count). The Balaban J connectivity index is 1.67.